The lowest BCUT2D eigenvalue weighted by atomic mass is 9.86. The van der Waals surface area contributed by atoms with E-state index in [0.29, 0.717) is 31.4 Å². The van der Waals surface area contributed by atoms with Gasteiger partial charge >= 0.3 is 16.3 Å². The van der Waals surface area contributed by atoms with Gasteiger partial charge in [0.05, 0.1) is 2.74 Å². The number of carbonyl (C=O) groups is 2. The zero-order chi connectivity index (χ0) is 32.4. The molecule has 1 aliphatic heterocycles. The molecule has 2 amide bonds. The van der Waals surface area contributed by atoms with Crippen LogP contribution in [0.25, 0.3) is 0 Å². The number of rotatable bonds is 10. The molecule has 1 saturated heterocycles. The van der Waals surface area contributed by atoms with E-state index in [1.807, 2.05) is 50.2 Å². The van der Waals surface area contributed by atoms with Crippen LogP contribution in [0.1, 0.15) is 51.7 Å². The van der Waals surface area contributed by atoms with Crippen molar-refractivity contribution in [2.45, 2.75) is 58.8 Å². The zero-order valence-electron chi connectivity index (χ0n) is 26.1. The van der Waals surface area contributed by atoms with E-state index in [2.05, 4.69) is 0 Å². The lowest BCUT2D eigenvalue weighted by Gasteiger charge is -2.36. The number of amides is 2. The molecule has 1 atom stereocenters. The Kier molecular flexibility index (Phi) is 8.39. The number of nitrogens with one attached hydrogen (secondary N) is 1. The van der Waals surface area contributed by atoms with Crippen LogP contribution in [0.5, 0.6) is 5.75 Å². The number of carbonyl (C=O) groups excluding carboxylic acids is 2. The van der Waals surface area contributed by atoms with Crippen LogP contribution in [0.4, 0.5) is 14.9 Å². The van der Waals surface area contributed by atoms with Crippen LogP contribution in [-0.2, 0) is 45.8 Å². The van der Waals surface area contributed by atoms with Gasteiger partial charge in [0.1, 0.15) is 31.1 Å². The number of aryl methyl sites for hydroxylation is 1. The Labute approximate surface area is 254 Å². The largest absolute Gasteiger partial charge is 0.487 e. The Balaban J connectivity index is 1.50. The first-order chi connectivity index (χ1) is 21.4. The van der Waals surface area contributed by atoms with Gasteiger partial charge in [-0.05, 0) is 59.9 Å². The fourth-order valence-corrected chi connectivity index (χ4v) is 6.23. The predicted octanol–water partition coefficient (Wildman–Crippen LogP) is 5.13. The van der Waals surface area contributed by atoms with E-state index in [1.54, 1.807) is 33.9 Å². The molecule has 228 valence electrons. The van der Waals surface area contributed by atoms with Gasteiger partial charge in [-0.2, -0.15) is 8.42 Å². The summed E-state index contributed by atoms with van der Waals surface area (Å²) in [4.78, 5) is 27.4. The van der Waals surface area contributed by atoms with Crippen molar-refractivity contribution in [1.82, 2.24) is 9.62 Å². The Morgan fingerprint density at radius 2 is 1.77 bits per heavy atom. The van der Waals surface area contributed by atoms with E-state index >= 15 is 4.39 Å². The number of halogens is 1. The summed E-state index contributed by atoms with van der Waals surface area (Å²) in [5.41, 5.74) is 1.52. The number of ether oxygens (including phenoxy) is 2. The number of nitrogens with zero attached hydrogens (tertiary/aromatic N) is 2. The zero-order valence-corrected chi connectivity index (χ0v) is 24.9. The van der Waals surface area contributed by atoms with Gasteiger partial charge in [-0.3, -0.25) is 4.79 Å². The van der Waals surface area contributed by atoms with Crippen LogP contribution >= 0.6 is 0 Å². The van der Waals surface area contributed by atoms with E-state index < -0.39 is 46.3 Å². The van der Waals surface area contributed by atoms with Crippen LogP contribution in [0, 0.1) is 11.7 Å². The molecular weight excluding hydrogens is 573 g/mol. The summed E-state index contributed by atoms with van der Waals surface area (Å²) >= 11 is 0. The second-order valence-electron chi connectivity index (χ2n) is 11.1. The maximum absolute atomic E-state index is 16.7. The quantitative estimate of drug-likeness (QED) is 0.341. The molecule has 1 N–H and O–H groups in total. The Hall–Kier alpha value is -4.12. The molecule has 5 rings (SSSR count). The van der Waals surface area contributed by atoms with Crippen molar-refractivity contribution in [2.24, 2.45) is 5.92 Å². The van der Waals surface area contributed by atoms with Gasteiger partial charge in [-0.15, -0.1) is 0 Å². The van der Waals surface area contributed by atoms with E-state index in [1.165, 1.54) is 6.07 Å². The Bertz CT molecular complexity index is 1660. The van der Waals surface area contributed by atoms with Gasteiger partial charge in [0.15, 0.2) is 5.82 Å². The molecule has 0 saturated carbocycles. The van der Waals surface area contributed by atoms with Gasteiger partial charge in [0, 0.05) is 12.6 Å². The second-order valence-corrected chi connectivity index (χ2v) is 12.6. The lowest BCUT2D eigenvalue weighted by Crippen LogP contribution is -2.45. The number of fused-ring (bicyclic) bond motifs is 1. The minimum atomic E-state index is -4.79. The maximum atomic E-state index is 16.7. The molecule has 0 aromatic heterocycles. The molecule has 0 spiro atoms. The van der Waals surface area contributed by atoms with Crippen LogP contribution in [0.3, 0.4) is 0 Å². The molecule has 2 aliphatic rings. The first-order valence-electron chi connectivity index (χ1n) is 15.2. The molecule has 11 heteroatoms. The summed E-state index contributed by atoms with van der Waals surface area (Å²) in [5, 5.41) is 0. The highest BCUT2D eigenvalue weighted by Gasteiger charge is 2.40. The van der Waals surface area contributed by atoms with E-state index in [4.69, 9.17) is 12.2 Å². The Morgan fingerprint density at radius 1 is 1.12 bits per heavy atom. The third kappa shape index (κ3) is 7.10. The van der Waals surface area contributed by atoms with Crippen molar-refractivity contribution in [1.29, 1.82) is 0 Å². The molecule has 3 aromatic rings. The lowest BCUT2D eigenvalue weighted by molar-refractivity contribution is -0.117. The average Bonchev–Trinajstić information content (AvgIpc) is 3.17. The molecule has 0 unspecified atom stereocenters. The normalized spacial score (nSPS) is 19.2. The summed E-state index contributed by atoms with van der Waals surface area (Å²) in [5.74, 6) is -2.39. The average molecular weight is 612 g/mol. The van der Waals surface area contributed by atoms with Gasteiger partial charge in [-0.25, -0.2) is 18.2 Å². The number of hydrogen-bond acceptors (Lipinski definition) is 6. The van der Waals surface area contributed by atoms with Crippen molar-refractivity contribution in [3.8, 4) is 5.75 Å². The SMILES string of the molecule is [2H]C1([2H])C(=O)NS(=O)(=O)N1c1c(OCc2ccccc2)cc2c(c1F)C[C@H](N(CCC(C)C)C(=O)OCc1ccccc1)CC2. The van der Waals surface area contributed by atoms with Crippen molar-refractivity contribution in [3.05, 3.63) is 94.8 Å². The van der Waals surface area contributed by atoms with Crippen molar-refractivity contribution in [3.63, 3.8) is 0 Å². The molecular formula is C32H36FN3O6S. The standard InChI is InChI=1S/C32H36FN3O6S/c1-22(2)15-16-35(32(38)42-21-24-11-7-4-8-12-24)26-14-13-25-17-28(41-20-23-9-5-3-6-10-23)31(30(33)27(25)18-26)36-19-29(37)34-43(36,39)40/h3-12,17,22,26H,13-16,18-21H2,1-2H3,(H,34,37)/t26-/m1/s1/i19D2. The first-order valence-corrected chi connectivity index (χ1v) is 15.7. The molecule has 0 bridgehead atoms. The highest BCUT2D eigenvalue weighted by molar-refractivity contribution is 7.92. The molecule has 1 heterocycles. The van der Waals surface area contributed by atoms with Crippen LogP contribution in [0.15, 0.2) is 66.7 Å². The minimum Gasteiger partial charge on any atom is -0.487 e. The van der Waals surface area contributed by atoms with E-state index in [-0.39, 0.29) is 41.2 Å². The molecule has 43 heavy (non-hydrogen) atoms. The monoisotopic (exact) mass is 611 g/mol. The fraction of sp³-hybridized carbons (Fsp3) is 0.375. The number of hydrogen-bond donors (Lipinski definition) is 1. The van der Waals surface area contributed by atoms with Gasteiger partial charge < -0.3 is 14.4 Å². The van der Waals surface area contributed by atoms with Crippen LogP contribution in [0.2, 0.25) is 0 Å². The summed E-state index contributed by atoms with van der Waals surface area (Å²) in [6, 6.07) is 19.2. The molecule has 3 aromatic carbocycles. The van der Waals surface area contributed by atoms with Crippen LogP contribution in [-0.4, -0.2) is 44.4 Å². The molecule has 0 radical (unpaired) electrons. The van der Waals surface area contributed by atoms with E-state index in [9.17, 15) is 18.0 Å². The van der Waals surface area contributed by atoms with Gasteiger partial charge in [0.2, 0.25) is 0 Å². The number of benzene rings is 3. The molecule has 1 aliphatic carbocycles. The van der Waals surface area contributed by atoms with E-state index in [0.717, 1.165) is 11.1 Å². The van der Waals surface area contributed by atoms with Crippen LogP contribution < -0.4 is 13.8 Å². The number of anilines is 1. The topological polar surface area (TPSA) is 105 Å². The summed E-state index contributed by atoms with van der Waals surface area (Å²) in [6.45, 7) is 1.35. The van der Waals surface area contributed by atoms with Crippen molar-refractivity contribution in [2.75, 3.05) is 17.3 Å². The summed E-state index contributed by atoms with van der Waals surface area (Å²) in [6.07, 6.45) is 1.02. The highest BCUT2D eigenvalue weighted by atomic mass is 32.2. The summed E-state index contributed by atoms with van der Waals surface area (Å²) in [7, 11) is -4.79. The molecule has 1 fully saturated rings. The van der Waals surface area contributed by atoms with Gasteiger partial charge in [0.25, 0.3) is 5.91 Å². The third-order valence-corrected chi connectivity index (χ3v) is 8.72. The second kappa shape index (κ2) is 13.0. The maximum Gasteiger partial charge on any atom is 0.410 e. The summed E-state index contributed by atoms with van der Waals surface area (Å²) < 4.78 is 72.5. The minimum absolute atomic E-state index is 0.0317. The molecule has 9 nitrogen and oxygen atoms in total. The predicted molar refractivity (Wildman–Crippen MR) is 160 cm³/mol. The fourth-order valence-electron chi connectivity index (χ4n) is 5.25. The van der Waals surface area contributed by atoms with Gasteiger partial charge in [-0.1, -0.05) is 74.5 Å². The Morgan fingerprint density at radius 3 is 2.37 bits per heavy atom. The van der Waals surface area contributed by atoms with Crippen molar-refractivity contribution >= 4 is 27.9 Å². The third-order valence-electron chi connectivity index (χ3n) is 7.52. The smallest absolute Gasteiger partial charge is 0.410 e. The highest BCUT2D eigenvalue weighted by Crippen LogP contribution is 2.41. The first kappa shape index (κ1) is 27.7. The van der Waals surface area contributed by atoms with Crippen molar-refractivity contribution < 1.29 is 34.6 Å².